The summed E-state index contributed by atoms with van der Waals surface area (Å²) in [6.45, 7) is 2.28. The van der Waals surface area contributed by atoms with Crippen molar-refractivity contribution in [1.29, 1.82) is 0 Å². The van der Waals surface area contributed by atoms with Crippen molar-refractivity contribution in [3.63, 3.8) is 0 Å². The highest BCUT2D eigenvalue weighted by molar-refractivity contribution is 7.59. The maximum absolute atomic E-state index is 10.5. The van der Waals surface area contributed by atoms with Crippen molar-refractivity contribution in [1.82, 2.24) is 0 Å². The van der Waals surface area contributed by atoms with E-state index in [1.165, 1.54) is 83.5 Å². The lowest BCUT2D eigenvalue weighted by molar-refractivity contribution is -0.137. The third-order valence-electron chi connectivity index (χ3n) is 5.46. The van der Waals surface area contributed by atoms with Crippen LogP contribution in [-0.2, 0) is 4.79 Å². The van der Waals surface area contributed by atoms with E-state index in [0.717, 1.165) is 24.7 Å². The first-order chi connectivity index (χ1) is 10.7. The van der Waals surface area contributed by atoms with E-state index in [4.69, 9.17) is 5.11 Å². The van der Waals surface area contributed by atoms with Gasteiger partial charge in [-0.05, 0) is 18.3 Å². The molecular formula is C20H40O2S. The Morgan fingerprint density at radius 1 is 0.826 bits per heavy atom. The molecule has 0 aromatic rings. The minimum Gasteiger partial charge on any atom is -0.481 e. The second-order valence-electron chi connectivity index (χ2n) is 7.35. The van der Waals surface area contributed by atoms with Gasteiger partial charge in [-0.3, -0.25) is 4.79 Å². The Balaban J connectivity index is 0.00000484. The Labute approximate surface area is 151 Å². The third-order valence-corrected chi connectivity index (χ3v) is 5.46. The number of unbranched alkanes of at least 4 members (excludes halogenated alkanes) is 8. The van der Waals surface area contributed by atoms with Crippen LogP contribution in [0, 0.1) is 11.8 Å². The molecule has 1 aliphatic rings. The van der Waals surface area contributed by atoms with E-state index in [-0.39, 0.29) is 13.5 Å². The van der Waals surface area contributed by atoms with Gasteiger partial charge in [-0.2, -0.15) is 13.5 Å². The monoisotopic (exact) mass is 344 g/mol. The van der Waals surface area contributed by atoms with Gasteiger partial charge in [0.05, 0.1) is 0 Å². The first-order valence-corrected chi connectivity index (χ1v) is 9.95. The van der Waals surface area contributed by atoms with Crippen molar-refractivity contribution in [3.05, 3.63) is 0 Å². The van der Waals surface area contributed by atoms with E-state index in [0.29, 0.717) is 6.42 Å². The number of rotatable bonds is 14. The largest absolute Gasteiger partial charge is 0.481 e. The Hall–Kier alpha value is -0.180. The molecule has 3 heteroatoms. The molecule has 1 rings (SSSR count). The number of carboxylic acids is 1. The van der Waals surface area contributed by atoms with Gasteiger partial charge in [0.25, 0.3) is 0 Å². The number of carboxylic acid groups (broad SMARTS) is 1. The topological polar surface area (TPSA) is 37.3 Å². The molecule has 1 aliphatic carbocycles. The molecule has 0 aromatic heterocycles. The fourth-order valence-corrected chi connectivity index (χ4v) is 4.10. The Morgan fingerprint density at radius 3 is 1.83 bits per heavy atom. The molecular weight excluding hydrogens is 304 g/mol. The Bertz CT molecular complexity index is 281. The van der Waals surface area contributed by atoms with Crippen molar-refractivity contribution in [2.75, 3.05) is 0 Å². The normalized spacial score (nSPS) is 20.4. The average molecular weight is 345 g/mol. The zero-order valence-electron chi connectivity index (χ0n) is 15.3. The molecule has 138 valence electrons. The molecule has 0 aliphatic heterocycles. The first kappa shape index (κ1) is 22.8. The molecule has 2 atom stereocenters. The lowest BCUT2D eigenvalue weighted by atomic mass is 9.86. The predicted molar refractivity (Wildman–Crippen MR) is 105 cm³/mol. The Morgan fingerprint density at radius 2 is 1.30 bits per heavy atom. The van der Waals surface area contributed by atoms with Crippen molar-refractivity contribution < 1.29 is 9.90 Å². The fourth-order valence-electron chi connectivity index (χ4n) is 4.10. The molecule has 2 nitrogen and oxygen atoms in total. The van der Waals surface area contributed by atoms with Gasteiger partial charge in [0.1, 0.15) is 0 Å². The zero-order chi connectivity index (χ0) is 16.0. The molecule has 0 heterocycles. The van der Waals surface area contributed by atoms with Crippen LogP contribution in [0.1, 0.15) is 110 Å². The molecule has 0 bridgehead atoms. The van der Waals surface area contributed by atoms with Gasteiger partial charge >= 0.3 is 5.97 Å². The van der Waals surface area contributed by atoms with Gasteiger partial charge in [0.15, 0.2) is 0 Å². The van der Waals surface area contributed by atoms with E-state index in [2.05, 4.69) is 6.92 Å². The van der Waals surface area contributed by atoms with E-state index in [1.54, 1.807) is 0 Å². The molecule has 0 unspecified atom stereocenters. The standard InChI is InChI=1S/C20H38O2.H2S/c1-2-3-4-5-6-9-13-18-15-12-16-19(18)14-10-7-8-11-17-20(21)22;/h18-19H,2-17H2,1H3,(H,21,22);1H2/t18-,19-;/m0./s1. The zero-order valence-corrected chi connectivity index (χ0v) is 16.3. The van der Waals surface area contributed by atoms with E-state index < -0.39 is 5.97 Å². The maximum atomic E-state index is 10.5. The second kappa shape index (κ2) is 15.4. The number of hydrogen-bond acceptors (Lipinski definition) is 1. The molecule has 0 radical (unpaired) electrons. The predicted octanol–water partition coefficient (Wildman–Crippen LogP) is 6.69. The summed E-state index contributed by atoms with van der Waals surface area (Å²) in [5, 5.41) is 8.63. The summed E-state index contributed by atoms with van der Waals surface area (Å²) in [5.41, 5.74) is 0. The summed E-state index contributed by atoms with van der Waals surface area (Å²) in [6.07, 6.45) is 20.6. The van der Waals surface area contributed by atoms with E-state index >= 15 is 0 Å². The van der Waals surface area contributed by atoms with Crippen LogP contribution in [0.3, 0.4) is 0 Å². The molecule has 0 saturated heterocycles. The van der Waals surface area contributed by atoms with Gasteiger partial charge in [-0.25, -0.2) is 0 Å². The van der Waals surface area contributed by atoms with Crippen LogP contribution in [0.2, 0.25) is 0 Å². The average Bonchev–Trinajstić information content (AvgIpc) is 2.93. The van der Waals surface area contributed by atoms with Crippen LogP contribution in [0.4, 0.5) is 0 Å². The minimum atomic E-state index is -0.644. The van der Waals surface area contributed by atoms with Crippen LogP contribution >= 0.6 is 13.5 Å². The van der Waals surface area contributed by atoms with Crippen molar-refractivity contribution in [3.8, 4) is 0 Å². The summed E-state index contributed by atoms with van der Waals surface area (Å²) in [7, 11) is 0. The minimum absolute atomic E-state index is 0. The smallest absolute Gasteiger partial charge is 0.303 e. The highest BCUT2D eigenvalue weighted by Crippen LogP contribution is 2.38. The molecule has 1 N–H and O–H groups in total. The molecule has 23 heavy (non-hydrogen) atoms. The molecule has 0 spiro atoms. The maximum Gasteiger partial charge on any atom is 0.303 e. The van der Waals surface area contributed by atoms with Crippen LogP contribution < -0.4 is 0 Å². The SMILES string of the molecule is CCCCCCCC[C@H]1CCC[C@@H]1CCCCCCC(=O)O.S. The van der Waals surface area contributed by atoms with E-state index in [9.17, 15) is 4.79 Å². The summed E-state index contributed by atoms with van der Waals surface area (Å²) in [5.74, 6) is 1.34. The summed E-state index contributed by atoms with van der Waals surface area (Å²) in [6, 6.07) is 0. The lowest BCUT2D eigenvalue weighted by Crippen LogP contribution is -2.08. The molecule has 0 aromatic carbocycles. The van der Waals surface area contributed by atoms with Gasteiger partial charge < -0.3 is 5.11 Å². The number of aliphatic carboxylic acids is 1. The second-order valence-corrected chi connectivity index (χ2v) is 7.35. The lowest BCUT2D eigenvalue weighted by Gasteiger charge is -2.19. The first-order valence-electron chi connectivity index (χ1n) is 9.95. The molecule has 0 amide bonds. The fraction of sp³-hybridized carbons (Fsp3) is 0.950. The highest BCUT2D eigenvalue weighted by atomic mass is 32.1. The van der Waals surface area contributed by atoms with Gasteiger partial charge in [0, 0.05) is 6.42 Å². The highest BCUT2D eigenvalue weighted by Gasteiger charge is 2.25. The van der Waals surface area contributed by atoms with Gasteiger partial charge in [-0.15, -0.1) is 0 Å². The van der Waals surface area contributed by atoms with Gasteiger partial charge in [-0.1, -0.05) is 96.8 Å². The van der Waals surface area contributed by atoms with Gasteiger partial charge in [0.2, 0.25) is 0 Å². The molecule has 1 saturated carbocycles. The summed E-state index contributed by atoms with van der Waals surface area (Å²) >= 11 is 0. The van der Waals surface area contributed by atoms with Crippen LogP contribution in [0.25, 0.3) is 0 Å². The molecule has 1 fully saturated rings. The third kappa shape index (κ3) is 11.9. The Kier molecular flexibility index (Phi) is 15.2. The van der Waals surface area contributed by atoms with Crippen LogP contribution in [0.5, 0.6) is 0 Å². The van der Waals surface area contributed by atoms with Crippen molar-refractivity contribution >= 4 is 19.5 Å². The van der Waals surface area contributed by atoms with Crippen molar-refractivity contribution in [2.24, 2.45) is 11.8 Å². The van der Waals surface area contributed by atoms with Crippen LogP contribution in [0.15, 0.2) is 0 Å². The van der Waals surface area contributed by atoms with Crippen LogP contribution in [-0.4, -0.2) is 11.1 Å². The number of carbonyl (C=O) groups is 1. The summed E-state index contributed by atoms with van der Waals surface area (Å²) in [4.78, 5) is 10.5. The van der Waals surface area contributed by atoms with Crippen molar-refractivity contribution in [2.45, 2.75) is 110 Å². The number of hydrogen-bond donors (Lipinski definition) is 1. The summed E-state index contributed by atoms with van der Waals surface area (Å²) < 4.78 is 0. The quantitative estimate of drug-likeness (QED) is 0.356. The van der Waals surface area contributed by atoms with E-state index in [1.807, 2.05) is 0 Å².